The normalized spacial score (nSPS) is 13.4. The molecule has 0 radical (unpaired) electrons. The van der Waals surface area contributed by atoms with Gasteiger partial charge < -0.3 is 34.7 Å². The Morgan fingerprint density at radius 1 is 0.410 bits per heavy atom. The van der Waals surface area contributed by atoms with Crippen molar-refractivity contribution in [2.24, 2.45) is 0 Å². The van der Waals surface area contributed by atoms with Crippen molar-refractivity contribution < 1.29 is 34.7 Å². The highest BCUT2D eigenvalue weighted by Gasteiger charge is 2.38. The fraction of sp³-hybridized carbons (Fsp3) is 1.00. The van der Waals surface area contributed by atoms with Crippen molar-refractivity contribution >= 4 is 8.80 Å². The van der Waals surface area contributed by atoms with Crippen LogP contribution in [0.1, 0.15) is 162 Å². The first-order valence-electron chi connectivity index (χ1n) is 17.0. The lowest BCUT2D eigenvalue weighted by Crippen LogP contribution is -3.00. The van der Waals surface area contributed by atoms with Crippen molar-refractivity contribution in [2.45, 2.75) is 168 Å². The molecule has 6 heteroatoms. The van der Waals surface area contributed by atoms with Gasteiger partial charge in [0.05, 0.1) is 26.7 Å². The molecule has 0 saturated carbocycles. The average Bonchev–Trinajstić information content (AvgIpc) is 2.93. The molecule has 0 fully saturated rings. The second-order valence-electron chi connectivity index (χ2n) is 12.3. The Morgan fingerprint density at radius 3 is 0.949 bits per heavy atom. The average molecular weight is 639 g/mol. The number of rotatable bonds is 31. The van der Waals surface area contributed by atoms with Crippen LogP contribution in [-0.4, -0.2) is 61.3 Å². The van der Waals surface area contributed by atoms with Crippen LogP contribution in [0.3, 0.4) is 0 Å². The van der Waals surface area contributed by atoms with Gasteiger partial charge in [0.25, 0.3) is 0 Å². The van der Waals surface area contributed by atoms with E-state index >= 15 is 0 Å². The molecule has 0 aromatic rings. The molecular weight excluding hydrogens is 566 g/mol. The first-order valence-corrected chi connectivity index (χ1v) is 18.9. The molecule has 39 heavy (non-hydrogen) atoms. The Bertz CT molecular complexity index is 474. The molecule has 0 heterocycles. The summed E-state index contributed by atoms with van der Waals surface area (Å²) < 4.78 is 18.2. The van der Waals surface area contributed by atoms with Gasteiger partial charge in [0.2, 0.25) is 0 Å². The van der Waals surface area contributed by atoms with E-state index in [1.165, 1.54) is 165 Å². The maximum absolute atomic E-state index is 5.67. The van der Waals surface area contributed by atoms with Crippen molar-refractivity contribution in [3.63, 3.8) is 0 Å². The molecule has 0 bridgehead atoms. The molecule has 0 amide bonds. The van der Waals surface area contributed by atoms with Gasteiger partial charge >= 0.3 is 8.80 Å². The van der Waals surface area contributed by atoms with Gasteiger partial charge in [-0.05, 0) is 25.7 Å². The number of hydrogen-bond acceptors (Lipinski definition) is 3. The summed E-state index contributed by atoms with van der Waals surface area (Å²) in [5, 5.41) is 0. The largest absolute Gasteiger partial charge is 1.00 e. The van der Waals surface area contributed by atoms with Crippen LogP contribution in [-0.2, 0) is 13.3 Å². The SMILES string of the molecule is CCCCCCCCCCCCCCCCCC[N+](C)(CCCCCCCC)CCC[Si](OC)(OC)OC.[Br-]. The lowest BCUT2D eigenvalue weighted by Gasteiger charge is -2.36. The summed E-state index contributed by atoms with van der Waals surface area (Å²) in [5.41, 5.74) is 0. The Balaban J connectivity index is 0. The number of nitrogens with zero attached hydrogens (tertiary/aromatic N) is 1. The topological polar surface area (TPSA) is 27.7 Å². The van der Waals surface area contributed by atoms with Crippen molar-refractivity contribution in [3.05, 3.63) is 0 Å². The molecule has 238 valence electrons. The summed E-state index contributed by atoms with van der Waals surface area (Å²) in [4.78, 5) is 0. The predicted molar refractivity (Wildman–Crippen MR) is 170 cm³/mol. The van der Waals surface area contributed by atoms with Crippen molar-refractivity contribution in [2.75, 3.05) is 48.0 Å². The van der Waals surface area contributed by atoms with Crippen molar-refractivity contribution in [3.8, 4) is 0 Å². The third-order valence-electron chi connectivity index (χ3n) is 8.72. The first-order chi connectivity index (χ1) is 18.5. The van der Waals surface area contributed by atoms with E-state index in [1.807, 2.05) is 0 Å². The van der Waals surface area contributed by atoms with Crippen LogP contribution in [0.4, 0.5) is 0 Å². The van der Waals surface area contributed by atoms with E-state index in [0.717, 1.165) is 12.5 Å². The number of hydrogen-bond donors (Lipinski definition) is 0. The summed E-state index contributed by atoms with van der Waals surface area (Å²) >= 11 is 0. The summed E-state index contributed by atoms with van der Waals surface area (Å²) in [7, 11) is 5.24. The summed E-state index contributed by atoms with van der Waals surface area (Å²) in [6.45, 7) is 8.44. The fourth-order valence-corrected chi connectivity index (χ4v) is 7.59. The second-order valence-corrected chi connectivity index (χ2v) is 15.4. The minimum atomic E-state index is -2.46. The molecule has 0 rings (SSSR count). The maximum Gasteiger partial charge on any atom is 0.500 e. The zero-order valence-corrected chi connectivity index (χ0v) is 30.2. The minimum absolute atomic E-state index is 0. The predicted octanol–water partition coefficient (Wildman–Crippen LogP) is 7.33. The number of quaternary nitrogens is 1. The Morgan fingerprint density at radius 2 is 0.667 bits per heavy atom. The van der Waals surface area contributed by atoms with Gasteiger partial charge in [-0.2, -0.15) is 0 Å². The molecule has 1 atom stereocenters. The molecule has 0 N–H and O–H groups in total. The first kappa shape index (κ1) is 41.7. The zero-order valence-electron chi connectivity index (χ0n) is 27.6. The van der Waals surface area contributed by atoms with Crippen LogP contribution in [0.15, 0.2) is 0 Å². The van der Waals surface area contributed by atoms with Crippen LogP contribution >= 0.6 is 0 Å². The molecule has 4 nitrogen and oxygen atoms in total. The number of unbranched alkanes of at least 4 members (excludes halogenated alkanes) is 20. The molecular formula is C33H72BrNO3Si. The lowest BCUT2D eigenvalue weighted by molar-refractivity contribution is -0.910. The van der Waals surface area contributed by atoms with Crippen LogP contribution in [0.25, 0.3) is 0 Å². The third kappa shape index (κ3) is 24.8. The highest BCUT2D eigenvalue weighted by Crippen LogP contribution is 2.20. The van der Waals surface area contributed by atoms with Gasteiger partial charge in [-0.25, -0.2) is 0 Å². The fourth-order valence-electron chi connectivity index (χ4n) is 5.88. The third-order valence-corrected chi connectivity index (χ3v) is 11.5. The molecule has 0 saturated heterocycles. The van der Waals surface area contributed by atoms with Gasteiger partial charge in [0, 0.05) is 33.8 Å². The number of halogens is 1. The zero-order chi connectivity index (χ0) is 28.2. The summed E-state index contributed by atoms with van der Waals surface area (Å²) in [6, 6.07) is 0.916. The van der Waals surface area contributed by atoms with E-state index < -0.39 is 8.80 Å². The van der Waals surface area contributed by atoms with Crippen molar-refractivity contribution in [1.29, 1.82) is 0 Å². The van der Waals surface area contributed by atoms with Gasteiger partial charge in [-0.1, -0.05) is 129 Å². The molecule has 0 aliphatic carbocycles. The van der Waals surface area contributed by atoms with Crippen LogP contribution in [0.5, 0.6) is 0 Å². The molecule has 1 unspecified atom stereocenters. The van der Waals surface area contributed by atoms with Gasteiger partial charge in [-0.3, -0.25) is 0 Å². The van der Waals surface area contributed by atoms with E-state index in [-0.39, 0.29) is 17.0 Å². The molecule has 0 aliphatic heterocycles. The Kier molecular flexibility index (Phi) is 32.1. The van der Waals surface area contributed by atoms with E-state index in [9.17, 15) is 0 Å². The molecule has 0 spiro atoms. The van der Waals surface area contributed by atoms with E-state index in [1.54, 1.807) is 21.3 Å². The smallest absolute Gasteiger partial charge is 0.500 e. The lowest BCUT2D eigenvalue weighted by atomic mass is 10.0. The minimum Gasteiger partial charge on any atom is -1.00 e. The Hall–Kier alpha value is 0.537. The van der Waals surface area contributed by atoms with Crippen LogP contribution in [0.2, 0.25) is 6.04 Å². The molecule has 0 aromatic carbocycles. The van der Waals surface area contributed by atoms with Crippen molar-refractivity contribution in [1.82, 2.24) is 0 Å². The van der Waals surface area contributed by atoms with E-state index in [2.05, 4.69) is 20.9 Å². The van der Waals surface area contributed by atoms with Crippen LogP contribution in [0, 0.1) is 0 Å². The van der Waals surface area contributed by atoms with Gasteiger partial charge in [-0.15, -0.1) is 0 Å². The standard InChI is InChI=1S/C33H72NO3Si.BrH/c1-7-9-11-13-15-16-17-18-19-20-21-22-23-24-26-28-31-34(3,30-27-25-14-12-10-8-2)32-29-33-38(35-4,36-5)37-6;/h7-33H2,1-6H3;1H/q+1;/p-1. The maximum atomic E-state index is 5.67. The van der Waals surface area contributed by atoms with E-state index in [0.29, 0.717) is 0 Å². The van der Waals surface area contributed by atoms with E-state index in [4.69, 9.17) is 13.3 Å². The quantitative estimate of drug-likeness (QED) is 0.0452. The van der Waals surface area contributed by atoms with Gasteiger partial charge in [0.1, 0.15) is 0 Å². The monoisotopic (exact) mass is 637 g/mol. The highest BCUT2D eigenvalue weighted by atomic mass is 79.9. The second kappa shape index (κ2) is 30.0. The molecule has 0 aliphatic rings. The highest BCUT2D eigenvalue weighted by molar-refractivity contribution is 6.60. The van der Waals surface area contributed by atoms with Crippen LogP contribution < -0.4 is 17.0 Å². The summed E-state index contributed by atoms with van der Waals surface area (Å²) in [5.74, 6) is 0. The Labute approximate surface area is 258 Å². The molecule has 0 aromatic heterocycles. The summed E-state index contributed by atoms with van der Waals surface area (Å²) in [6.07, 6.45) is 32.4. The van der Waals surface area contributed by atoms with Gasteiger partial charge in [0.15, 0.2) is 0 Å².